The summed E-state index contributed by atoms with van der Waals surface area (Å²) in [5, 5.41) is 7.75. The normalized spacial score (nSPS) is 20.5. The molecule has 0 radical (unpaired) electrons. The molecule has 236 valence electrons. The van der Waals surface area contributed by atoms with Crippen molar-refractivity contribution in [3.05, 3.63) is 70.6 Å². The molecule has 2 N–H and O–H groups in total. The molecule has 2 saturated heterocycles. The zero-order valence-corrected chi connectivity index (χ0v) is 27.0. The smallest absolute Gasteiger partial charge is 0.262 e. The van der Waals surface area contributed by atoms with E-state index >= 15 is 0 Å². The number of ether oxygens (including phenoxy) is 1. The molecular formula is C36H48N4O3S. The zero-order valence-electron chi connectivity index (χ0n) is 26.2. The third-order valence-electron chi connectivity index (χ3n) is 9.92. The Morgan fingerprint density at radius 3 is 2.45 bits per heavy atom. The minimum atomic E-state index is -0.853. The van der Waals surface area contributed by atoms with Gasteiger partial charge in [0.25, 0.3) is 5.91 Å². The molecule has 1 saturated carbocycles. The Labute approximate surface area is 266 Å². The lowest BCUT2D eigenvalue weighted by atomic mass is 9.94. The van der Waals surface area contributed by atoms with E-state index in [2.05, 4.69) is 69.8 Å². The number of amides is 2. The fourth-order valence-corrected chi connectivity index (χ4v) is 8.25. The van der Waals surface area contributed by atoms with Crippen LogP contribution in [0.2, 0.25) is 0 Å². The van der Waals surface area contributed by atoms with Crippen LogP contribution in [0.3, 0.4) is 0 Å². The minimum Gasteiger partial charge on any atom is -0.381 e. The molecule has 8 heteroatoms. The molecule has 1 aromatic heterocycles. The maximum Gasteiger partial charge on any atom is 0.262 e. The molecule has 3 aliphatic rings. The van der Waals surface area contributed by atoms with E-state index in [-0.39, 0.29) is 17.9 Å². The second-order valence-electron chi connectivity index (χ2n) is 13.2. The SMILES string of the molecule is Cc1ccc2cc(C(=O)NC3(C(=O)N[C@@H](CCN4CCN(CC5CCOCC5)CC4)Cc4ccccc4)CCCC3)sc2c1. The fraction of sp³-hybridized carbons (Fsp3) is 0.556. The number of nitrogens with zero attached hydrogens (tertiary/aromatic N) is 2. The highest BCUT2D eigenvalue weighted by Gasteiger charge is 2.43. The first-order valence-corrected chi connectivity index (χ1v) is 17.5. The Morgan fingerprint density at radius 2 is 1.70 bits per heavy atom. The number of hydrogen-bond donors (Lipinski definition) is 2. The summed E-state index contributed by atoms with van der Waals surface area (Å²) >= 11 is 1.50. The van der Waals surface area contributed by atoms with Gasteiger partial charge >= 0.3 is 0 Å². The lowest BCUT2D eigenvalue weighted by molar-refractivity contribution is -0.128. The summed E-state index contributed by atoms with van der Waals surface area (Å²) in [5.74, 6) is 0.605. The number of carbonyl (C=O) groups is 2. The first-order valence-electron chi connectivity index (χ1n) is 16.7. The molecule has 2 amide bonds. The summed E-state index contributed by atoms with van der Waals surface area (Å²) in [6.45, 7) is 10.4. The second kappa shape index (κ2) is 14.5. The van der Waals surface area contributed by atoms with E-state index in [0.717, 1.165) is 87.6 Å². The largest absolute Gasteiger partial charge is 0.381 e. The van der Waals surface area contributed by atoms with Gasteiger partial charge in [0, 0.05) is 63.2 Å². The van der Waals surface area contributed by atoms with Gasteiger partial charge in [0.1, 0.15) is 5.54 Å². The molecular weight excluding hydrogens is 568 g/mol. The number of carbonyl (C=O) groups excluding carboxylic acids is 2. The molecule has 0 bridgehead atoms. The van der Waals surface area contributed by atoms with Gasteiger partial charge in [0.05, 0.1) is 4.88 Å². The number of rotatable bonds is 11. The second-order valence-corrected chi connectivity index (χ2v) is 14.3. The molecule has 6 rings (SSSR count). The maximum absolute atomic E-state index is 14.1. The van der Waals surface area contributed by atoms with Crippen LogP contribution in [0.4, 0.5) is 0 Å². The molecule has 44 heavy (non-hydrogen) atoms. The quantitative estimate of drug-likeness (QED) is 0.301. The Morgan fingerprint density at radius 1 is 0.977 bits per heavy atom. The number of thiophene rings is 1. The van der Waals surface area contributed by atoms with Crippen molar-refractivity contribution in [2.24, 2.45) is 5.92 Å². The van der Waals surface area contributed by atoms with E-state index in [1.807, 2.05) is 12.1 Å². The predicted octanol–water partition coefficient (Wildman–Crippen LogP) is 5.41. The molecule has 2 aliphatic heterocycles. The van der Waals surface area contributed by atoms with Gasteiger partial charge < -0.3 is 25.2 Å². The van der Waals surface area contributed by atoms with Gasteiger partial charge in [-0.1, -0.05) is 55.3 Å². The van der Waals surface area contributed by atoms with E-state index in [9.17, 15) is 9.59 Å². The van der Waals surface area contributed by atoms with Crippen molar-refractivity contribution in [2.75, 3.05) is 52.5 Å². The number of fused-ring (bicyclic) bond motifs is 1. The lowest BCUT2D eigenvalue weighted by Crippen LogP contribution is -2.59. The number of piperazine rings is 1. The highest BCUT2D eigenvalue weighted by atomic mass is 32.1. The van der Waals surface area contributed by atoms with Crippen molar-refractivity contribution in [1.29, 1.82) is 0 Å². The summed E-state index contributed by atoms with van der Waals surface area (Å²) < 4.78 is 6.65. The molecule has 3 aromatic rings. The van der Waals surface area contributed by atoms with Crippen LogP contribution in [0.25, 0.3) is 10.1 Å². The minimum absolute atomic E-state index is 0.00634. The summed E-state index contributed by atoms with van der Waals surface area (Å²) in [4.78, 5) is 33.5. The van der Waals surface area contributed by atoms with Gasteiger partial charge in [-0.2, -0.15) is 0 Å². The number of aryl methyl sites for hydroxylation is 1. The van der Waals surface area contributed by atoms with E-state index in [4.69, 9.17) is 4.74 Å². The fourth-order valence-electron chi connectivity index (χ4n) is 7.19. The van der Waals surface area contributed by atoms with Crippen molar-refractivity contribution in [3.63, 3.8) is 0 Å². The average Bonchev–Trinajstić information content (AvgIpc) is 3.69. The van der Waals surface area contributed by atoms with Crippen LogP contribution in [0.5, 0.6) is 0 Å². The Hall–Kier alpha value is -2.78. The Kier molecular flexibility index (Phi) is 10.3. The van der Waals surface area contributed by atoms with Crippen molar-refractivity contribution in [1.82, 2.24) is 20.4 Å². The van der Waals surface area contributed by atoms with Crippen LogP contribution in [0.1, 0.15) is 65.7 Å². The highest BCUT2D eigenvalue weighted by Crippen LogP contribution is 2.32. The standard InChI is InChI=1S/C36H48N4O3S/c1-27-9-10-30-25-33(44-32(30)23-27)34(41)38-36(14-5-6-15-36)35(42)37-31(24-28-7-3-2-4-8-28)11-16-39-17-19-40(20-18-39)26-29-12-21-43-22-13-29/h2-4,7-10,23,25,29,31H,5-6,11-22,24,26H2,1H3,(H,37,42)(H,38,41)/t31-/m0/s1. The van der Waals surface area contributed by atoms with Crippen molar-refractivity contribution >= 4 is 33.2 Å². The van der Waals surface area contributed by atoms with Crippen LogP contribution < -0.4 is 10.6 Å². The van der Waals surface area contributed by atoms with Crippen molar-refractivity contribution in [3.8, 4) is 0 Å². The van der Waals surface area contributed by atoms with Crippen LogP contribution in [-0.4, -0.2) is 85.7 Å². The van der Waals surface area contributed by atoms with Crippen molar-refractivity contribution < 1.29 is 14.3 Å². The first kappa shape index (κ1) is 31.2. The van der Waals surface area contributed by atoms with Gasteiger partial charge in [0.15, 0.2) is 0 Å². The maximum atomic E-state index is 14.1. The summed E-state index contributed by atoms with van der Waals surface area (Å²) in [7, 11) is 0. The molecule has 3 heterocycles. The number of nitrogens with one attached hydrogen (secondary N) is 2. The topological polar surface area (TPSA) is 73.9 Å². The predicted molar refractivity (Wildman–Crippen MR) is 178 cm³/mol. The summed E-state index contributed by atoms with van der Waals surface area (Å²) in [6, 6.07) is 18.7. The third kappa shape index (κ3) is 7.89. The Bertz CT molecular complexity index is 1390. The van der Waals surface area contributed by atoms with Gasteiger partial charge in [-0.15, -0.1) is 11.3 Å². The van der Waals surface area contributed by atoms with Gasteiger partial charge in [-0.25, -0.2) is 0 Å². The van der Waals surface area contributed by atoms with Crippen molar-refractivity contribution in [2.45, 2.75) is 69.9 Å². The van der Waals surface area contributed by atoms with Crippen LogP contribution in [-0.2, 0) is 16.0 Å². The monoisotopic (exact) mass is 616 g/mol. The first-order chi connectivity index (χ1) is 21.5. The van der Waals surface area contributed by atoms with Crippen LogP contribution in [0.15, 0.2) is 54.6 Å². The molecule has 1 atom stereocenters. The summed E-state index contributed by atoms with van der Waals surface area (Å²) in [6.07, 6.45) is 7.31. The molecule has 7 nitrogen and oxygen atoms in total. The number of hydrogen-bond acceptors (Lipinski definition) is 6. The molecule has 1 aliphatic carbocycles. The molecule has 2 aromatic carbocycles. The molecule has 0 spiro atoms. The molecule has 3 fully saturated rings. The number of benzene rings is 2. The third-order valence-corrected chi connectivity index (χ3v) is 11.0. The Balaban J connectivity index is 1.08. The van der Waals surface area contributed by atoms with Crippen LogP contribution in [0, 0.1) is 12.8 Å². The van der Waals surface area contributed by atoms with E-state index < -0.39 is 5.54 Å². The zero-order chi connectivity index (χ0) is 30.4. The van der Waals surface area contributed by atoms with Gasteiger partial charge in [0.2, 0.25) is 5.91 Å². The average molecular weight is 617 g/mol. The van der Waals surface area contributed by atoms with E-state index in [1.165, 1.54) is 41.9 Å². The summed E-state index contributed by atoms with van der Waals surface area (Å²) in [5.41, 5.74) is 1.55. The van der Waals surface area contributed by atoms with Gasteiger partial charge in [-0.3, -0.25) is 9.59 Å². The molecule has 0 unspecified atom stereocenters. The van der Waals surface area contributed by atoms with E-state index in [0.29, 0.717) is 17.7 Å². The highest BCUT2D eigenvalue weighted by molar-refractivity contribution is 7.20. The lowest BCUT2D eigenvalue weighted by Gasteiger charge is -2.38. The van der Waals surface area contributed by atoms with Crippen LogP contribution >= 0.6 is 11.3 Å². The van der Waals surface area contributed by atoms with Gasteiger partial charge in [-0.05, 0) is 80.0 Å². The van der Waals surface area contributed by atoms with E-state index in [1.54, 1.807) is 0 Å².